The van der Waals surface area contributed by atoms with Crippen molar-refractivity contribution >= 4 is 41.5 Å². The molecule has 6 nitrogen and oxygen atoms in total. The number of carbonyl (C=O) groups is 1. The lowest BCUT2D eigenvalue weighted by atomic mass is 10.2. The molecule has 2 heterocycles. The van der Waals surface area contributed by atoms with Gasteiger partial charge in [0.1, 0.15) is 0 Å². The molecule has 0 spiro atoms. The minimum Gasteiger partial charge on any atom is -0.378 e. The molecule has 3 rings (SSSR count). The molecule has 0 bridgehead atoms. The molecule has 1 aromatic carbocycles. The largest absolute Gasteiger partial charge is 0.378 e. The van der Waals surface area contributed by atoms with E-state index in [1.54, 1.807) is 0 Å². The first kappa shape index (κ1) is 21.9. The molecule has 0 radical (unpaired) electrons. The Hall–Kier alpha value is -1.35. The van der Waals surface area contributed by atoms with Crippen LogP contribution in [0.4, 0.5) is 5.69 Å². The van der Waals surface area contributed by atoms with Gasteiger partial charge in [-0.25, -0.2) is 4.99 Å². The van der Waals surface area contributed by atoms with E-state index in [0.717, 1.165) is 56.3 Å². The van der Waals surface area contributed by atoms with Gasteiger partial charge in [0.2, 0.25) is 5.91 Å². The lowest BCUT2D eigenvalue weighted by Gasteiger charge is -2.16. The molecule has 150 valence electrons. The van der Waals surface area contributed by atoms with Crippen molar-refractivity contribution < 1.29 is 9.53 Å². The molecule has 27 heavy (non-hydrogen) atoms. The summed E-state index contributed by atoms with van der Waals surface area (Å²) < 4.78 is 5.66. The van der Waals surface area contributed by atoms with E-state index in [0.29, 0.717) is 19.1 Å². The van der Waals surface area contributed by atoms with Crippen molar-refractivity contribution in [2.45, 2.75) is 51.7 Å². The Bertz CT molecular complexity index is 615. The molecule has 0 saturated carbocycles. The Morgan fingerprint density at radius 1 is 1.26 bits per heavy atom. The third kappa shape index (κ3) is 6.64. The van der Waals surface area contributed by atoms with Crippen molar-refractivity contribution in [3.05, 3.63) is 29.8 Å². The number of benzene rings is 1. The van der Waals surface area contributed by atoms with Crippen LogP contribution < -0.4 is 15.5 Å². The molecule has 1 atom stereocenters. The van der Waals surface area contributed by atoms with E-state index < -0.39 is 0 Å². The van der Waals surface area contributed by atoms with Crippen LogP contribution in [0.2, 0.25) is 0 Å². The van der Waals surface area contributed by atoms with Gasteiger partial charge >= 0.3 is 0 Å². The summed E-state index contributed by atoms with van der Waals surface area (Å²) in [6.07, 6.45) is 5.37. The summed E-state index contributed by atoms with van der Waals surface area (Å²) in [5.41, 5.74) is 2.12. The maximum Gasteiger partial charge on any atom is 0.227 e. The molecule has 1 unspecified atom stereocenters. The molecule has 0 aliphatic carbocycles. The normalized spacial score (nSPS) is 19.9. The molecular weight excluding hydrogens is 455 g/mol. The van der Waals surface area contributed by atoms with Gasteiger partial charge < -0.3 is 20.3 Å². The monoisotopic (exact) mass is 486 g/mol. The molecular formula is C20H31IN4O2. The molecule has 0 aromatic heterocycles. The molecule has 2 N–H and O–H groups in total. The summed E-state index contributed by atoms with van der Waals surface area (Å²) in [5, 5.41) is 6.67. The van der Waals surface area contributed by atoms with Crippen LogP contribution in [0.25, 0.3) is 0 Å². The van der Waals surface area contributed by atoms with Gasteiger partial charge in [0, 0.05) is 38.3 Å². The Balaban J connectivity index is 0.00000261. The Labute approximate surface area is 179 Å². The van der Waals surface area contributed by atoms with Crippen LogP contribution in [-0.4, -0.2) is 44.2 Å². The summed E-state index contributed by atoms with van der Waals surface area (Å²) in [7, 11) is 0. The van der Waals surface area contributed by atoms with Crippen LogP contribution in [0, 0.1) is 0 Å². The van der Waals surface area contributed by atoms with E-state index in [1.807, 2.05) is 17.0 Å². The van der Waals surface area contributed by atoms with Gasteiger partial charge in [-0.15, -0.1) is 24.0 Å². The SMILES string of the molecule is CCNC(=NCc1ccc(N2CCCC2=O)cc1)NCCC1CCCO1.I. The number of amides is 1. The summed E-state index contributed by atoms with van der Waals surface area (Å²) in [6, 6.07) is 8.15. The van der Waals surface area contributed by atoms with Gasteiger partial charge in [0.25, 0.3) is 0 Å². The second-order valence-corrected chi connectivity index (χ2v) is 6.86. The molecule has 2 saturated heterocycles. The highest BCUT2D eigenvalue weighted by Gasteiger charge is 2.21. The van der Waals surface area contributed by atoms with Crippen molar-refractivity contribution in [1.82, 2.24) is 10.6 Å². The summed E-state index contributed by atoms with van der Waals surface area (Å²) in [5.74, 6) is 1.06. The number of hydrogen-bond donors (Lipinski definition) is 2. The number of hydrogen-bond acceptors (Lipinski definition) is 3. The topological polar surface area (TPSA) is 66.0 Å². The van der Waals surface area contributed by atoms with E-state index in [4.69, 9.17) is 4.74 Å². The average molecular weight is 486 g/mol. The number of aliphatic imine (C=N–C) groups is 1. The van der Waals surface area contributed by atoms with Crippen LogP contribution in [0.5, 0.6) is 0 Å². The Kier molecular flexibility index (Phi) is 9.33. The van der Waals surface area contributed by atoms with Gasteiger partial charge in [-0.05, 0) is 50.3 Å². The maximum absolute atomic E-state index is 11.8. The van der Waals surface area contributed by atoms with E-state index in [-0.39, 0.29) is 29.9 Å². The zero-order chi connectivity index (χ0) is 18.2. The smallest absolute Gasteiger partial charge is 0.227 e. The summed E-state index contributed by atoms with van der Waals surface area (Å²) in [6.45, 7) is 6.12. The van der Waals surface area contributed by atoms with E-state index in [2.05, 4.69) is 34.7 Å². The average Bonchev–Trinajstić information content (AvgIpc) is 3.32. The van der Waals surface area contributed by atoms with Crippen molar-refractivity contribution in [2.75, 3.05) is 31.1 Å². The van der Waals surface area contributed by atoms with Crippen LogP contribution >= 0.6 is 24.0 Å². The maximum atomic E-state index is 11.8. The molecule has 1 amide bonds. The van der Waals surface area contributed by atoms with Crippen LogP contribution in [0.1, 0.15) is 44.6 Å². The van der Waals surface area contributed by atoms with Crippen molar-refractivity contribution in [1.29, 1.82) is 0 Å². The number of rotatable bonds is 7. The number of anilines is 1. The molecule has 2 aliphatic heterocycles. The van der Waals surface area contributed by atoms with Gasteiger partial charge in [-0.3, -0.25) is 4.79 Å². The summed E-state index contributed by atoms with van der Waals surface area (Å²) >= 11 is 0. The van der Waals surface area contributed by atoms with Gasteiger partial charge in [0.15, 0.2) is 5.96 Å². The first-order valence-electron chi connectivity index (χ1n) is 9.79. The standard InChI is InChI=1S/C20H30N4O2.HI/c1-2-21-20(22-12-11-18-5-4-14-26-18)23-15-16-7-9-17(10-8-16)24-13-3-6-19(24)25;/h7-10,18H,2-6,11-15H2,1H3,(H2,21,22,23);1H. The van der Waals surface area contributed by atoms with E-state index in [1.165, 1.54) is 12.8 Å². The lowest BCUT2D eigenvalue weighted by molar-refractivity contribution is -0.117. The number of halogens is 1. The fourth-order valence-corrected chi connectivity index (χ4v) is 3.44. The highest BCUT2D eigenvalue weighted by molar-refractivity contribution is 14.0. The minimum absolute atomic E-state index is 0. The van der Waals surface area contributed by atoms with Crippen LogP contribution in [0.15, 0.2) is 29.3 Å². The minimum atomic E-state index is 0. The zero-order valence-corrected chi connectivity index (χ0v) is 18.4. The fourth-order valence-electron chi connectivity index (χ4n) is 3.44. The van der Waals surface area contributed by atoms with Gasteiger partial charge in [0.05, 0.1) is 12.6 Å². The molecule has 7 heteroatoms. The number of guanidine groups is 1. The third-order valence-electron chi connectivity index (χ3n) is 4.87. The molecule has 1 aromatic rings. The molecule has 2 aliphatic rings. The zero-order valence-electron chi connectivity index (χ0n) is 16.1. The predicted molar refractivity (Wildman–Crippen MR) is 120 cm³/mol. The number of nitrogens with zero attached hydrogens (tertiary/aromatic N) is 2. The second kappa shape index (κ2) is 11.5. The van der Waals surface area contributed by atoms with Crippen molar-refractivity contribution in [2.24, 2.45) is 4.99 Å². The quantitative estimate of drug-likeness (QED) is 0.353. The van der Waals surface area contributed by atoms with E-state index in [9.17, 15) is 4.79 Å². The highest BCUT2D eigenvalue weighted by Crippen LogP contribution is 2.21. The lowest BCUT2D eigenvalue weighted by Crippen LogP contribution is -2.38. The first-order valence-corrected chi connectivity index (χ1v) is 9.79. The highest BCUT2D eigenvalue weighted by atomic mass is 127. The third-order valence-corrected chi connectivity index (χ3v) is 4.87. The van der Waals surface area contributed by atoms with Crippen molar-refractivity contribution in [3.63, 3.8) is 0 Å². The van der Waals surface area contributed by atoms with E-state index >= 15 is 0 Å². The van der Waals surface area contributed by atoms with Gasteiger partial charge in [-0.2, -0.15) is 0 Å². The summed E-state index contributed by atoms with van der Waals surface area (Å²) in [4.78, 5) is 18.3. The Morgan fingerprint density at radius 2 is 2.07 bits per heavy atom. The van der Waals surface area contributed by atoms with Crippen molar-refractivity contribution in [3.8, 4) is 0 Å². The second-order valence-electron chi connectivity index (χ2n) is 6.86. The van der Waals surface area contributed by atoms with Crippen LogP contribution in [-0.2, 0) is 16.1 Å². The first-order chi connectivity index (χ1) is 12.8. The molecule has 2 fully saturated rings. The number of ether oxygens (including phenoxy) is 1. The predicted octanol–water partition coefficient (Wildman–Crippen LogP) is 3.06. The number of nitrogens with one attached hydrogen (secondary N) is 2. The van der Waals surface area contributed by atoms with Crippen LogP contribution in [0.3, 0.4) is 0 Å². The van der Waals surface area contributed by atoms with Gasteiger partial charge in [-0.1, -0.05) is 12.1 Å². The Morgan fingerprint density at radius 3 is 2.70 bits per heavy atom. The fraction of sp³-hybridized carbons (Fsp3) is 0.600. The number of carbonyl (C=O) groups excluding carboxylic acids is 1.